The molecule has 1 aromatic carbocycles. The minimum absolute atomic E-state index is 0.497. The molecule has 76 valence electrons. The SMILES string of the molecule is C=Cc1ccc2c(c1Br)C=CC(C)C=C2. The molecule has 0 nitrogen and oxygen atoms in total. The molecule has 1 atom stereocenters. The summed E-state index contributed by atoms with van der Waals surface area (Å²) < 4.78 is 1.13. The summed E-state index contributed by atoms with van der Waals surface area (Å²) in [4.78, 5) is 0. The normalized spacial score (nSPS) is 18.4. The fraction of sp³-hybridized carbons (Fsp3) is 0.143. The quantitative estimate of drug-likeness (QED) is 0.683. The Kier molecular flexibility index (Phi) is 2.92. The Labute approximate surface area is 99.1 Å². The fourth-order valence-electron chi connectivity index (χ4n) is 1.66. The summed E-state index contributed by atoms with van der Waals surface area (Å²) in [6, 6.07) is 4.22. The topological polar surface area (TPSA) is 0 Å². The lowest BCUT2D eigenvalue weighted by molar-refractivity contribution is 0.954. The van der Waals surface area contributed by atoms with Crippen molar-refractivity contribution >= 4 is 34.2 Å². The van der Waals surface area contributed by atoms with E-state index < -0.39 is 0 Å². The predicted octanol–water partition coefficient (Wildman–Crippen LogP) is 4.77. The molecule has 0 aliphatic heterocycles. The van der Waals surface area contributed by atoms with E-state index in [-0.39, 0.29) is 0 Å². The summed E-state index contributed by atoms with van der Waals surface area (Å²) in [5.41, 5.74) is 3.64. The number of hydrogen-bond donors (Lipinski definition) is 0. The van der Waals surface area contributed by atoms with Crippen LogP contribution in [0.15, 0.2) is 35.3 Å². The maximum absolute atomic E-state index is 3.81. The Bertz CT molecular complexity index is 453. The number of hydrogen-bond acceptors (Lipinski definition) is 0. The highest BCUT2D eigenvalue weighted by molar-refractivity contribution is 9.10. The fourth-order valence-corrected chi connectivity index (χ4v) is 2.32. The average Bonchev–Trinajstić information content (AvgIpc) is 2.42. The molecule has 2 rings (SSSR count). The molecule has 0 saturated carbocycles. The van der Waals surface area contributed by atoms with E-state index in [9.17, 15) is 0 Å². The van der Waals surface area contributed by atoms with Crippen molar-refractivity contribution in [3.8, 4) is 0 Å². The van der Waals surface area contributed by atoms with Gasteiger partial charge in [0, 0.05) is 4.47 Å². The van der Waals surface area contributed by atoms with Crippen LogP contribution in [-0.2, 0) is 0 Å². The second-order valence-corrected chi connectivity index (χ2v) is 4.55. The van der Waals surface area contributed by atoms with Crippen molar-refractivity contribution in [2.75, 3.05) is 0 Å². The zero-order valence-electron chi connectivity index (χ0n) is 8.70. The van der Waals surface area contributed by atoms with Gasteiger partial charge in [-0.2, -0.15) is 0 Å². The molecule has 0 aromatic heterocycles. The van der Waals surface area contributed by atoms with Gasteiger partial charge < -0.3 is 0 Å². The van der Waals surface area contributed by atoms with Crippen LogP contribution in [-0.4, -0.2) is 0 Å². The average molecular weight is 261 g/mol. The molecular formula is C14H13Br. The highest BCUT2D eigenvalue weighted by atomic mass is 79.9. The van der Waals surface area contributed by atoms with Crippen LogP contribution in [0.2, 0.25) is 0 Å². The van der Waals surface area contributed by atoms with Gasteiger partial charge >= 0.3 is 0 Å². The zero-order valence-corrected chi connectivity index (χ0v) is 10.3. The van der Waals surface area contributed by atoms with Gasteiger partial charge in [0.25, 0.3) is 0 Å². The van der Waals surface area contributed by atoms with Crippen LogP contribution in [0.5, 0.6) is 0 Å². The van der Waals surface area contributed by atoms with Gasteiger partial charge in [-0.15, -0.1) is 0 Å². The van der Waals surface area contributed by atoms with Crippen molar-refractivity contribution in [2.45, 2.75) is 6.92 Å². The van der Waals surface area contributed by atoms with E-state index in [0.29, 0.717) is 5.92 Å². The van der Waals surface area contributed by atoms with Crippen LogP contribution in [0.1, 0.15) is 23.6 Å². The Morgan fingerprint density at radius 1 is 1.27 bits per heavy atom. The van der Waals surface area contributed by atoms with E-state index in [1.54, 1.807) is 0 Å². The Balaban J connectivity index is 2.63. The smallest absolute Gasteiger partial charge is 0.0325 e. The van der Waals surface area contributed by atoms with Crippen LogP contribution < -0.4 is 0 Å². The molecule has 1 aromatic rings. The van der Waals surface area contributed by atoms with E-state index in [1.165, 1.54) is 11.1 Å². The third kappa shape index (κ3) is 1.98. The summed E-state index contributed by atoms with van der Waals surface area (Å²) in [7, 11) is 0. The van der Waals surface area contributed by atoms with Gasteiger partial charge in [0.05, 0.1) is 0 Å². The third-order valence-corrected chi connectivity index (χ3v) is 3.49. The van der Waals surface area contributed by atoms with Crippen molar-refractivity contribution < 1.29 is 0 Å². The highest BCUT2D eigenvalue weighted by Gasteiger charge is 2.08. The van der Waals surface area contributed by atoms with Gasteiger partial charge in [0.15, 0.2) is 0 Å². The van der Waals surface area contributed by atoms with Crippen LogP contribution in [0.3, 0.4) is 0 Å². The molecule has 0 fully saturated rings. The summed E-state index contributed by atoms with van der Waals surface area (Å²) in [5, 5.41) is 0. The van der Waals surface area contributed by atoms with Crippen LogP contribution >= 0.6 is 15.9 Å². The molecule has 15 heavy (non-hydrogen) atoms. The number of halogens is 1. The molecule has 0 N–H and O–H groups in total. The standard InChI is InChI=1S/C14H13Br/c1-3-11-7-8-12-6-4-10(2)5-9-13(12)14(11)15/h3-10H,1H2,2H3. The molecule has 1 aliphatic carbocycles. The molecule has 0 heterocycles. The lowest BCUT2D eigenvalue weighted by Gasteiger charge is -2.06. The van der Waals surface area contributed by atoms with Crippen molar-refractivity contribution in [3.05, 3.63) is 52.0 Å². The molecule has 0 saturated heterocycles. The summed E-state index contributed by atoms with van der Waals surface area (Å²) in [5.74, 6) is 0.497. The largest absolute Gasteiger partial charge is 0.0984 e. The lowest BCUT2D eigenvalue weighted by atomic mass is 10.0. The first-order valence-electron chi connectivity index (χ1n) is 5.03. The second-order valence-electron chi connectivity index (χ2n) is 3.75. The van der Waals surface area contributed by atoms with Gasteiger partial charge in [-0.1, -0.05) is 56.0 Å². The monoisotopic (exact) mass is 260 g/mol. The second kappa shape index (κ2) is 4.19. The van der Waals surface area contributed by atoms with Crippen LogP contribution in [0.4, 0.5) is 0 Å². The minimum Gasteiger partial charge on any atom is -0.0984 e. The first-order valence-corrected chi connectivity index (χ1v) is 5.83. The van der Waals surface area contributed by atoms with Crippen LogP contribution in [0.25, 0.3) is 18.2 Å². The molecule has 0 amide bonds. The first kappa shape index (κ1) is 10.4. The Hall–Kier alpha value is -1.08. The van der Waals surface area contributed by atoms with E-state index in [0.717, 1.165) is 10.0 Å². The molecule has 1 heteroatoms. The predicted molar refractivity (Wildman–Crippen MR) is 71.5 cm³/mol. The number of benzene rings is 1. The Morgan fingerprint density at radius 3 is 2.73 bits per heavy atom. The lowest BCUT2D eigenvalue weighted by Crippen LogP contribution is -1.85. The van der Waals surface area contributed by atoms with Crippen molar-refractivity contribution in [2.24, 2.45) is 5.92 Å². The summed E-state index contributed by atoms with van der Waals surface area (Å²) in [6.45, 7) is 5.99. The van der Waals surface area contributed by atoms with E-state index in [4.69, 9.17) is 0 Å². The summed E-state index contributed by atoms with van der Waals surface area (Å²) in [6.07, 6.45) is 10.6. The summed E-state index contributed by atoms with van der Waals surface area (Å²) >= 11 is 3.63. The number of allylic oxidation sites excluding steroid dienone is 2. The Morgan fingerprint density at radius 2 is 2.00 bits per heavy atom. The molecule has 0 bridgehead atoms. The molecule has 0 spiro atoms. The third-order valence-electron chi connectivity index (χ3n) is 2.61. The van der Waals surface area contributed by atoms with E-state index in [2.05, 4.69) is 65.9 Å². The van der Waals surface area contributed by atoms with Gasteiger partial charge in [0.2, 0.25) is 0 Å². The van der Waals surface area contributed by atoms with E-state index >= 15 is 0 Å². The first-order chi connectivity index (χ1) is 7.22. The van der Waals surface area contributed by atoms with E-state index in [1.807, 2.05) is 6.08 Å². The number of rotatable bonds is 1. The maximum atomic E-state index is 3.81. The van der Waals surface area contributed by atoms with Crippen molar-refractivity contribution in [1.29, 1.82) is 0 Å². The molecular weight excluding hydrogens is 248 g/mol. The van der Waals surface area contributed by atoms with Gasteiger partial charge in [-0.3, -0.25) is 0 Å². The van der Waals surface area contributed by atoms with Crippen molar-refractivity contribution in [1.82, 2.24) is 0 Å². The molecule has 1 aliphatic rings. The molecule has 0 radical (unpaired) electrons. The van der Waals surface area contributed by atoms with Gasteiger partial charge in [-0.25, -0.2) is 0 Å². The highest BCUT2D eigenvalue weighted by Crippen LogP contribution is 2.30. The van der Waals surface area contributed by atoms with Gasteiger partial charge in [-0.05, 0) is 38.5 Å². The maximum Gasteiger partial charge on any atom is 0.0325 e. The van der Waals surface area contributed by atoms with Crippen LogP contribution in [0, 0.1) is 5.92 Å². The number of fused-ring (bicyclic) bond motifs is 1. The minimum atomic E-state index is 0.497. The zero-order chi connectivity index (χ0) is 10.8. The van der Waals surface area contributed by atoms with Crippen molar-refractivity contribution in [3.63, 3.8) is 0 Å². The molecule has 1 unspecified atom stereocenters. The van der Waals surface area contributed by atoms with Gasteiger partial charge in [0.1, 0.15) is 0 Å².